The van der Waals surface area contributed by atoms with Crippen LogP contribution in [0.5, 0.6) is 0 Å². The zero-order valence-corrected chi connectivity index (χ0v) is 8.66. The fraction of sp³-hybridized carbons (Fsp3) is 1.00. The summed E-state index contributed by atoms with van der Waals surface area (Å²) in [7, 11) is 4.07. The molecule has 4 heteroatoms. The van der Waals surface area contributed by atoms with Crippen LogP contribution in [0.1, 0.15) is 0 Å². The molecule has 1 saturated heterocycles. The summed E-state index contributed by atoms with van der Waals surface area (Å²) in [5.41, 5.74) is 0. The van der Waals surface area contributed by atoms with E-state index in [4.69, 9.17) is 0 Å². The molecular weight excluding hydrogens is 166 g/mol. The van der Waals surface area contributed by atoms with Crippen LogP contribution in [0.2, 0.25) is 0 Å². The molecule has 0 aromatic heterocycles. The SMILES string of the molecule is CNCCN1CCN(C)CC1CO. The van der Waals surface area contributed by atoms with Gasteiger partial charge >= 0.3 is 0 Å². The third-order valence-electron chi connectivity index (χ3n) is 2.67. The number of aliphatic hydroxyl groups excluding tert-OH is 1. The fourth-order valence-electron chi connectivity index (χ4n) is 1.77. The van der Waals surface area contributed by atoms with E-state index in [1.807, 2.05) is 7.05 Å². The highest BCUT2D eigenvalue weighted by molar-refractivity contribution is 4.80. The first-order valence-electron chi connectivity index (χ1n) is 4.96. The second-order valence-corrected chi connectivity index (χ2v) is 3.74. The van der Waals surface area contributed by atoms with Gasteiger partial charge in [-0.2, -0.15) is 0 Å². The van der Waals surface area contributed by atoms with E-state index < -0.39 is 0 Å². The van der Waals surface area contributed by atoms with Gasteiger partial charge in [0.15, 0.2) is 0 Å². The molecule has 0 bridgehead atoms. The summed E-state index contributed by atoms with van der Waals surface area (Å²) in [6.45, 7) is 5.48. The highest BCUT2D eigenvalue weighted by Gasteiger charge is 2.23. The van der Waals surface area contributed by atoms with Crippen molar-refractivity contribution in [1.29, 1.82) is 0 Å². The normalized spacial score (nSPS) is 26.5. The molecule has 0 aromatic carbocycles. The Hall–Kier alpha value is -0.160. The number of nitrogens with zero attached hydrogens (tertiary/aromatic N) is 2. The van der Waals surface area contributed by atoms with E-state index in [1.165, 1.54) is 0 Å². The van der Waals surface area contributed by atoms with Crippen LogP contribution in [0.15, 0.2) is 0 Å². The quantitative estimate of drug-likeness (QED) is 0.581. The summed E-state index contributed by atoms with van der Waals surface area (Å²) in [6.07, 6.45) is 0. The van der Waals surface area contributed by atoms with Crippen molar-refractivity contribution in [2.75, 3.05) is 53.4 Å². The Morgan fingerprint density at radius 3 is 2.85 bits per heavy atom. The number of nitrogens with one attached hydrogen (secondary N) is 1. The maximum Gasteiger partial charge on any atom is 0.0599 e. The van der Waals surface area contributed by atoms with Gasteiger partial charge < -0.3 is 15.3 Å². The fourth-order valence-corrected chi connectivity index (χ4v) is 1.77. The van der Waals surface area contributed by atoms with Crippen molar-refractivity contribution < 1.29 is 5.11 Å². The van der Waals surface area contributed by atoms with Gasteiger partial charge in [0.05, 0.1) is 6.61 Å². The summed E-state index contributed by atoms with van der Waals surface area (Å²) in [5.74, 6) is 0. The number of likely N-dealkylation sites (N-methyl/N-ethyl adjacent to an activating group) is 2. The number of piperazine rings is 1. The predicted octanol–water partition coefficient (Wildman–Crippen LogP) is -1.19. The van der Waals surface area contributed by atoms with Crippen LogP contribution in [0.25, 0.3) is 0 Å². The minimum Gasteiger partial charge on any atom is -0.395 e. The van der Waals surface area contributed by atoms with Gasteiger partial charge in [-0.05, 0) is 14.1 Å². The third kappa shape index (κ3) is 3.23. The average Bonchev–Trinajstić information content (AvgIpc) is 2.16. The lowest BCUT2D eigenvalue weighted by Crippen LogP contribution is -2.54. The highest BCUT2D eigenvalue weighted by atomic mass is 16.3. The maximum atomic E-state index is 9.19. The Bertz CT molecular complexity index is 141. The molecule has 0 saturated carbocycles. The Labute approximate surface area is 80.5 Å². The number of aliphatic hydroxyl groups is 1. The molecule has 1 aliphatic heterocycles. The lowest BCUT2D eigenvalue weighted by atomic mass is 10.2. The van der Waals surface area contributed by atoms with E-state index in [9.17, 15) is 5.11 Å². The summed E-state index contributed by atoms with van der Waals surface area (Å²) < 4.78 is 0. The molecule has 0 spiro atoms. The molecule has 1 heterocycles. The van der Waals surface area contributed by atoms with Crippen molar-refractivity contribution in [2.24, 2.45) is 0 Å². The summed E-state index contributed by atoms with van der Waals surface area (Å²) >= 11 is 0. The first-order chi connectivity index (χ1) is 6.27. The highest BCUT2D eigenvalue weighted by Crippen LogP contribution is 2.06. The molecule has 1 aliphatic rings. The molecule has 0 aliphatic carbocycles. The smallest absolute Gasteiger partial charge is 0.0599 e. The minimum atomic E-state index is 0.272. The summed E-state index contributed by atoms with van der Waals surface area (Å²) in [4.78, 5) is 4.63. The van der Waals surface area contributed by atoms with E-state index in [2.05, 4.69) is 22.2 Å². The van der Waals surface area contributed by atoms with Crippen LogP contribution in [0.4, 0.5) is 0 Å². The monoisotopic (exact) mass is 187 g/mol. The van der Waals surface area contributed by atoms with Crippen LogP contribution in [-0.4, -0.2) is 74.4 Å². The Balaban J connectivity index is 2.33. The molecular formula is C9H21N3O. The molecule has 1 rings (SSSR count). The molecule has 4 nitrogen and oxygen atoms in total. The van der Waals surface area contributed by atoms with Crippen LogP contribution in [-0.2, 0) is 0 Å². The van der Waals surface area contributed by atoms with E-state index in [0.29, 0.717) is 6.04 Å². The van der Waals surface area contributed by atoms with E-state index in [0.717, 1.165) is 32.7 Å². The van der Waals surface area contributed by atoms with E-state index in [-0.39, 0.29) is 6.61 Å². The molecule has 1 fully saturated rings. The first kappa shape index (κ1) is 10.9. The molecule has 13 heavy (non-hydrogen) atoms. The summed E-state index contributed by atoms with van der Waals surface area (Å²) in [5, 5.41) is 12.3. The second-order valence-electron chi connectivity index (χ2n) is 3.74. The van der Waals surface area contributed by atoms with Gasteiger partial charge in [-0.1, -0.05) is 0 Å². The molecule has 2 N–H and O–H groups in total. The molecule has 78 valence electrons. The van der Waals surface area contributed by atoms with Gasteiger partial charge in [-0.15, -0.1) is 0 Å². The van der Waals surface area contributed by atoms with Crippen molar-refractivity contribution in [1.82, 2.24) is 15.1 Å². The van der Waals surface area contributed by atoms with Crippen molar-refractivity contribution in [3.8, 4) is 0 Å². The van der Waals surface area contributed by atoms with Crippen LogP contribution in [0, 0.1) is 0 Å². The Kier molecular flexibility index (Phi) is 4.66. The van der Waals surface area contributed by atoms with Crippen LogP contribution >= 0.6 is 0 Å². The zero-order chi connectivity index (χ0) is 9.68. The van der Waals surface area contributed by atoms with Gasteiger partial charge in [-0.25, -0.2) is 0 Å². The summed E-state index contributed by atoms with van der Waals surface area (Å²) in [6, 6.07) is 0.326. The molecule has 0 amide bonds. The molecule has 1 unspecified atom stereocenters. The first-order valence-corrected chi connectivity index (χ1v) is 4.96. The lowest BCUT2D eigenvalue weighted by Gasteiger charge is -2.39. The van der Waals surface area contributed by atoms with Crippen molar-refractivity contribution >= 4 is 0 Å². The standard InChI is InChI=1S/C9H21N3O/c1-10-3-4-12-6-5-11(2)7-9(12)8-13/h9-10,13H,3-8H2,1-2H3. The maximum absolute atomic E-state index is 9.19. The molecule has 0 aromatic rings. The van der Waals surface area contributed by atoms with Gasteiger partial charge in [0.25, 0.3) is 0 Å². The van der Waals surface area contributed by atoms with Crippen molar-refractivity contribution in [2.45, 2.75) is 6.04 Å². The number of rotatable bonds is 4. The van der Waals surface area contributed by atoms with E-state index >= 15 is 0 Å². The number of hydrogen-bond donors (Lipinski definition) is 2. The molecule has 1 atom stereocenters. The van der Waals surface area contributed by atoms with Crippen molar-refractivity contribution in [3.05, 3.63) is 0 Å². The van der Waals surface area contributed by atoms with Crippen LogP contribution in [0.3, 0.4) is 0 Å². The predicted molar refractivity (Wildman–Crippen MR) is 53.9 cm³/mol. The zero-order valence-electron chi connectivity index (χ0n) is 8.66. The Morgan fingerprint density at radius 2 is 2.23 bits per heavy atom. The lowest BCUT2D eigenvalue weighted by molar-refractivity contribution is 0.0523. The second kappa shape index (κ2) is 5.54. The van der Waals surface area contributed by atoms with Gasteiger partial charge in [0, 0.05) is 38.8 Å². The number of hydrogen-bond acceptors (Lipinski definition) is 4. The molecule has 0 radical (unpaired) electrons. The van der Waals surface area contributed by atoms with Crippen LogP contribution < -0.4 is 5.32 Å². The van der Waals surface area contributed by atoms with Crippen molar-refractivity contribution in [3.63, 3.8) is 0 Å². The third-order valence-corrected chi connectivity index (χ3v) is 2.67. The van der Waals surface area contributed by atoms with Gasteiger partial charge in [0.1, 0.15) is 0 Å². The average molecular weight is 187 g/mol. The Morgan fingerprint density at radius 1 is 1.46 bits per heavy atom. The van der Waals surface area contributed by atoms with Gasteiger partial charge in [0.2, 0.25) is 0 Å². The minimum absolute atomic E-state index is 0.272. The van der Waals surface area contributed by atoms with E-state index in [1.54, 1.807) is 0 Å². The van der Waals surface area contributed by atoms with Gasteiger partial charge in [-0.3, -0.25) is 4.90 Å². The topological polar surface area (TPSA) is 38.7 Å². The largest absolute Gasteiger partial charge is 0.395 e.